The second-order valence-corrected chi connectivity index (χ2v) is 7.91. The van der Waals surface area contributed by atoms with Gasteiger partial charge in [0.05, 0.1) is 6.61 Å². The SMILES string of the molecule is O=C(C[C@@H](CCOCc1ccccc1)c1ccccc1)N1C(=O)OC[C@H]1c1ccccc1. The maximum absolute atomic E-state index is 13.3. The maximum Gasteiger partial charge on any atom is 0.417 e. The molecule has 1 saturated heterocycles. The first-order valence-electron chi connectivity index (χ1n) is 10.9. The number of nitrogens with zero attached hydrogens (tertiary/aromatic N) is 1. The van der Waals surface area contributed by atoms with Crippen molar-refractivity contribution < 1.29 is 19.1 Å². The normalized spacial score (nSPS) is 16.6. The first kappa shape index (κ1) is 21.8. The van der Waals surface area contributed by atoms with Crippen molar-refractivity contribution in [3.05, 3.63) is 108 Å². The molecule has 2 atom stereocenters. The lowest BCUT2D eigenvalue weighted by Gasteiger charge is -2.23. The zero-order chi connectivity index (χ0) is 22.2. The summed E-state index contributed by atoms with van der Waals surface area (Å²) in [6.07, 6.45) is 0.328. The van der Waals surface area contributed by atoms with Crippen molar-refractivity contribution in [2.45, 2.75) is 31.4 Å². The summed E-state index contributed by atoms with van der Waals surface area (Å²) in [7, 11) is 0. The van der Waals surface area contributed by atoms with Crippen LogP contribution in [0, 0.1) is 0 Å². The topological polar surface area (TPSA) is 55.8 Å². The van der Waals surface area contributed by atoms with Crippen molar-refractivity contribution in [1.82, 2.24) is 4.90 Å². The van der Waals surface area contributed by atoms with Gasteiger partial charge < -0.3 is 9.47 Å². The average Bonchev–Trinajstić information content (AvgIpc) is 3.24. The highest BCUT2D eigenvalue weighted by Gasteiger charge is 2.39. The molecule has 0 spiro atoms. The van der Waals surface area contributed by atoms with E-state index in [1.165, 1.54) is 4.90 Å². The number of cyclic esters (lactones) is 1. The number of hydrogen-bond acceptors (Lipinski definition) is 4. The van der Waals surface area contributed by atoms with Gasteiger partial charge in [-0.1, -0.05) is 91.0 Å². The van der Waals surface area contributed by atoms with Crippen LogP contribution in [-0.2, 0) is 20.9 Å². The Morgan fingerprint density at radius 2 is 1.56 bits per heavy atom. The monoisotopic (exact) mass is 429 g/mol. The minimum atomic E-state index is -0.573. The van der Waals surface area contributed by atoms with E-state index < -0.39 is 6.09 Å². The average molecular weight is 430 g/mol. The number of hydrogen-bond donors (Lipinski definition) is 0. The maximum atomic E-state index is 13.3. The van der Waals surface area contributed by atoms with Crippen molar-refractivity contribution in [1.29, 1.82) is 0 Å². The molecule has 0 N–H and O–H groups in total. The summed E-state index contributed by atoms with van der Waals surface area (Å²) in [6.45, 7) is 1.24. The van der Waals surface area contributed by atoms with Crippen LogP contribution in [0.3, 0.4) is 0 Å². The van der Waals surface area contributed by atoms with Crippen LogP contribution in [0.5, 0.6) is 0 Å². The summed E-state index contributed by atoms with van der Waals surface area (Å²) in [5.74, 6) is -0.275. The van der Waals surface area contributed by atoms with E-state index in [1.54, 1.807) is 0 Å². The minimum absolute atomic E-state index is 0.0516. The number of imide groups is 1. The van der Waals surface area contributed by atoms with Crippen molar-refractivity contribution in [3.63, 3.8) is 0 Å². The number of ether oxygens (including phenoxy) is 2. The highest BCUT2D eigenvalue weighted by molar-refractivity contribution is 5.94. The van der Waals surface area contributed by atoms with E-state index in [0.29, 0.717) is 19.6 Å². The lowest BCUT2D eigenvalue weighted by atomic mass is 9.92. The Morgan fingerprint density at radius 3 is 2.25 bits per heavy atom. The standard InChI is InChI=1S/C27H27NO4/c29-26(28-25(20-32-27(28)30)23-14-8-3-9-15-23)18-24(22-12-6-2-7-13-22)16-17-31-19-21-10-4-1-5-11-21/h1-15,24-25H,16-20H2/t24-,25+/m1/s1. The molecule has 2 amide bonds. The van der Waals surface area contributed by atoms with Crippen molar-refractivity contribution in [2.75, 3.05) is 13.2 Å². The van der Waals surface area contributed by atoms with Gasteiger partial charge in [0.25, 0.3) is 0 Å². The summed E-state index contributed by atoms with van der Waals surface area (Å²) in [5.41, 5.74) is 3.08. The molecule has 1 aliphatic rings. The van der Waals surface area contributed by atoms with Gasteiger partial charge in [-0.25, -0.2) is 9.69 Å². The molecule has 0 unspecified atom stereocenters. The molecule has 0 radical (unpaired) electrons. The first-order valence-corrected chi connectivity index (χ1v) is 10.9. The second kappa shape index (κ2) is 10.7. The van der Waals surface area contributed by atoms with Gasteiger partial charge in [-0.2, -0.15) is 0 Å². The molecule has 5 nitrogen and oxygen atoms in total. The van der Waals surface area contributed by atoms with Crippen LogP contribution in [-0.4, -0.2) is 30.1 Å². The van der Waals surface area contributed by atoms with Crippen molar-refractivity contribution in [2.24, 2.45) is 0 Å². The second-order valence-electron chi connectivity index (χ2n) is 7.91. The van der Waals surface area contributed by atoms with Crippen LogP contribution < -0.4 is 0 Å². The van der Waals surface area contributed by atoms with Gasteiger partial charge in [0.2, 0.25) is 5.91 Å². The molecule has 164 valence electrons. The molecule has 0 aliphatic carbocycles. The lowest BCUT2D eigenvalue weighted by Crippen LogP contribution is -2.35. The number of benzene rings is 3. The molecule has 1 heterocycles. The fourth-order valence-electron chi connectivity index (χ4n) is 4.03. The van der Waals surface area contributed by atoms with Gasteiger partial charge >= 0.3 is 6.09 Å². The van der Waals surface area contributed by atoms with Gasteiger partial charge in [0, 0.05) is 13.0 Å². The number of amides is 2. The van der Waals surface area contributed by atoms with Crippen LogP contribution in [0.1, 0.15) is 41.5 Å². The fourth-order valence-corrected chi connectivity index (χ4v) is 4.03. The van der Waals surface area contributed by atoms with E-state index in [-0.39, 0.29) is 30.9 Å². The van der Waals surface area contributed by atoms with Gasteiger partial charge in [0.1, 0.15) is 12.6 Å². The molecule has 32 heavy (non-hydrogen) atoms. The summed E-state index contributed by atoms with van der Waals surface area (Å²) < 4.78 is 11.1. The van der Waals surface area contributed by atoms with Gasteiger partial charge in [-0.05, 0) is 29.0 Å². The Morgan fingerprint density at radius 1 is 0.938 bits per heavy atom. The van der Waals surface area contributed by atoms with Crippen LogP contribution >= 0.6 is 0 Å². The predicted octanol–water partition coefficient (Wildman–Crippen LogP) is 5.49. The fraction of sp³-hybridized carbons (Fsp3) is 0.259. The van der Waals surface area contributed by atoms with E-state index in [1.807, 2.05) is 91.0 Å². The quantitative estimate of drug-likeness (QED) is 0.422. The Hall–Kier alpha value is -3.44. The minimum Gasteiger partial charge on any atom is -0.446 e. The Kier molecular flexibility index (Phi) is 7.31. The van der Waals surface area contributed by atoms with E-state index in [0.717, 1.165) is 16.7 Å². The molecule has 1 fully saturated rings. The van der Waals surface area contributed by atoms with Crippen LogP contribution in [0.25, 0.3) is 0 Å². The van der Waals surface area contributed by atoms with Crippen LogP contribution in [0.15, 0.2) is 91.0 Å². The van der Waals surface area contributed by atoms with Crippen molar-refractivity contribution in [3.8, 4) is 0 Å². The molecule has 1 aliphatic heterocycles. The summed E-state index contributed by atoms with van der Waals surface area (Å²) >= 11 is 0. The predicted molar refractivity (Wildman–Crippen MR) is 122 cm³/mol. The lowest BCUT2D eigenvalue weighted by molar-refractivity contribution is -0.129. The summed E-state index contributed by atoms with van der Waals surface area (Å²) in [6, 6.07) is 29.1. The first-order chi connectivity index (χ1) is 15.7. The third kappa shape index (κ3) is 5.42. The number of carbonyl (C=O) groups excluding carboxylic acids is 2. The van der Waals surface area contributed by atoms with E-state index >= 15 is 0 Å². The highest BCUT2D eigenvalue weighted by atomic mass is 16.6. The molecule has 0 saturated carbocycles. The Balaban J connectivity index is 1.43. The van der Waals surface area contributed by atoms with Gasteiger partial charge in [-0.15, -0.1) is 0 Å². The molecule has 0 aromatic heterocycles. The third-order valence-corrected chi connectivity index (χ3v) is 5.74. The molecule has 0 bridgehead atoms. The largest absolute Gasteiger partial charge is 0.446 e. The molecular weight excluding hydrogens is 402 g/mol. The number of rotatable bonds is 9. The summed E-state index contributed by atoms with van der Waals surface area (Å²) in [5, 5.41) is 0. The smallest absolute Gasteiger partial charge is 0.417 e. The molecule has 3 aromatic carbocycles. The molecule has 4 rings (SSSR count). The van der Waals surface area contributed by atoms with Crippen LogP contribution in [0.2, 0.25) is 0 Å². The highest BCUT2D eigenvalue weighted by Crippen LogP contribution is 2.31. The van der Waals surface area contributed by atoms with Gasteiger partial charge in [0.15, 0.2) is 0 Å². The Labute approximate surface area is 188 Å². The van der Waals surface area contributed by atoms with E-state index in [9.17, 15) is 9.59 Å². The molecule has 5 heteroatoms. The van der Waals surface area contributed by atoms with E-state index in [4.69, 9.17) is 9.47 Å². The van der Waals surface area contributed by atoms with E-state index in [2.05, 4.69) is 0 Å². The van der Waals surface area contributed by atoms with Crippen molar-refractivity contribution >= 4 is 12.0 Å². The van der Waals surface area contributed by atoms with Crippen LogP contribution in [0.4, 0.5) is 4.79 Å². The van der Waals surface area contributed by atoms with Gasteiger partial charge in [-0.3, -0.25) is 4.79 Å². The zero-order valence-electron chi connectivity index (χ0n) is 17.9. The number of carbonyl (C=O) groups is 2. The molecular formula is C27H27NO4. The Bertz CT molecular complexity index is 1010. The third-order valence-electron chi connectivity index (χ3n) is 5.74. The zero-order valence-corrected chi connectivity index (χ0v) is 17.9. The summed E-state index contributed by atoms with van der Waals surface area (Å²) in [4.78, 5) is 26.9. The molecule has 3 aromatic rings.